The molecular formula is C18H21FN6O2. The lowest BCUT2D eigenvalue weighted by Gasteiger charge is -2.26. The standard InChI is InChI=1S/C18H21FN6O2/c19-14-10-22-17(23-13-3-1-12(20)2-4-13)24-16(14)11-5-6-21-15(9-11)25-7-8-27-18(25)26/h5-6,9-10,12-13H,1-4,7-8,20H2,(H,22,23,24)/t12-,13-. The average Bonchev–Trinajstić information content (AvgIpc) is 3.11. The van der Waals surface area contributed by atoms with Crippen molar-refractivity contribution in [1.29, 1.82) is 0 Å². The lowest BCUT2D eigenvalue weighted by molar-refractivity contribution is 0.181. The van der Waals surface area contributed by atoms with E-state index in [1.54, 1.807) is 12.1 Å². The Labute approximate surface area is 156 Å². The number of rotatable bonds is 4. The number of pyridine rings is 1. The molecule has 4 rings (SSSR count). The Balaban J connectivity index is 1.57. The number of aromatic nitrogens is 3. The van der Waals surface area contributed by atoms with Crippen molar-refractivity contribution in [2.45, 2.75) is 37.8 Å². The van der Waals surface area contributed by atoms with E-state index in [0.29, 0.717) is 30.5 Å². The van der Waals surface area contributed by atoms with E-state index in [2.05, 4.69) is 20.3 Å². The van der Waals surface area contributed by atoms with E-state index in [0.717, 1.165) is 31.9 Å². The van der Waals surface area contributed by atoms with Crippen molar-refractivity contribution in [1.82, 2.24) is 15.0 Å². The summed E-state index contributed by atoms with van der Waals surface area (Å²) in [6.07, 6.45) is 6.00. The summed E-state index contributed by atoms with van der Waals surface area (Å²) in [4.78, 5) is 25.7. The molecule has 3 heterocycles. The van der Waals surface area contributed by atoms with Crippen LogP contribution in [0.4, 0.5) is 21.0 Å². The van der Waals surface area contributed by atoms with Crippen molar-refractivity contribution < 1.29 is 13.9 Å². The summed E-state index contributed by atoms with van der Waals surface area (Å²) in [6, 6.07) is 3.76. The molecular weight excluding hydrogens is 351 g/mol. The summed E-state index contributed by atoms with van der Waals surface area (Å²) in [5.74, 6) is 0.252. The minimum atomic E-state index is -0.535. The van der Waals surface area contributed by atoms with Gasteiger partial charge >= 0.3 is 6.09 Å². The van der Waals surface area contributed by atoms with Crippen LogP contribution in [0.2, 0.25) is 0 Å². The fourth-order valence-corrected chi connectivity index (χ4v) is 3.40. The van der Waals surface area contributed by atoms with E-state index >= 15 is 0 Å². The Morgan fingerprint density at radius 1 is 1.26 bits per heavy atom. The molecule has 1 saturated heterocycles. The topological polar surface area (TPSA) is 106 Å². The van der Waals surface area contributed by atoms with Gasteiger partial charge < -0.3 is 15.8 Å². The van der Waals surface area contributed by atoms with Gasteiger partial charge in [0.05, 0.1) is 12.7 Å². The number of halogens is 1. The van der Waals surface area contributed by atoms with Crippen molar-refractivity contribution >= 4 is 17.9 Å². The molecule has 9 heteroatoms. The van der Waals surface area contributed by atoms with Gasteiger partial charge in [0.25, 0.3) is 0 Å². The van der Waals surface area contributed by atoms with E-state index in [1.807, 2.05) is 0 Å². The maximum atomic E-state index is 14.4. The Bertz CT molecular complexity index is 840. The second kappa shape index (κ2) is 7.43. The quantitative estimate of drug-likeness (QED) is 0.848. The number of nitrogens with two attached hydrogens (primary N) is 1. The van der Waals surface area contributed by atoms with Crippen molar-refractivity contribution in [2.24, 2.45) is 5.73 Å². The molecule has 0 aromatic carbocycles. The molecule has 27 heavy (non-hydrogen) atoms. The van der Waals surface area contributed by atoms with E-state index in [4.69, 9.17) is 10.5 Å². The molecule has 3 N–H and O–H groups in total. The normalized spacial score (nSPS) is 22.6. The highest BCUT2D eigenvalue weighted by atomic mass is 19.1. The number of cyclic esters (lactones) is 1. The van der Waals surface area contributed by atoms with Gasteiger partial charge in [0.2, 0.25) is 5.95 Å². The lowest BCUT2D eigenvalue weighted by Crippen LogP contribution is -2.33. The molecule has 2 aliphatic rings. The minimum Gasteiger partial charge on any atom is -0.447 e. The fourth-order valence-electron chi connectivity index (χ4n) is 3.40. The molecule has 8 nitrogen and oxygen atoms in total. The second-order valence-electron chi connectivity index (χ2n) is 6.81. The molecule has 0 unspecified atom stereocenters. The van der Waals surface area contributed by atoms with E-state index < -0.39 is 11.9 Å². The van der Waals surface area contributed by atoms with Gasteiger partial charge in [0.1, 0.15) is 18.1 Å². The molecule has 1 aliphatic heterocycles. The predicted octanol–water partition coefficient (Wildman–Crippen LogP) is 2.32. The molecule has 0 spiro atoms. The summed E-state index contributed by atoms with van der Waals surface area (Å²) in [5, 5.41) is 3.27. The van der Waals surface area contributed by atoms with Gasteiger partial charge in [-0.3, -0.25) is 4.90 Å². The summed E-state index contributed by atoms with van der Waals surface area (Å²) >= 11 is 0. The summed E-state index contributed by atoms with van der Waals surface area (Å²) in [6.45, 7) is 0.726. The van der Waals surface area contributed by atoms with Gasteiger partial charge in [-0.05, 0) is 37.8 Å². The van der Waals surface area contributed by atoms with Crippen LogP contribution >= 0.6 is 0 Å². The van der Waals surface area contributed by atoms with Crippen LogP contribution < -0.4 is 16.0 Å². The molecule has 0 atom stereocenters. The zero-order chi connectivity index (χ0) is 18.8. The summed E-state index contributed by atoms with van der Waals surface area (Å²) in [5.41, 5.74) is 6.62. The number of ether oxygens (including phenoxy) is 1. The zero-order valence-electron chi connectivity index (χ0n) is 14.8. The Morgan fingerprint density at radius 3 is 2.81 bits per heavy atom. The van der Waals surface area contributed by atoms with E-state index in [1.165, 1.54) is 11.1 Å². The Kier molecular flexibility index (Phi) is 4.85. The minimum absolute atomic E-state index is 0.163. The summed E-state index contributed by atoms with van der Waals surface area (Å²) in [7, 11) is 0. The monoisotopic (exact) mass is 372 g/mol. The molecule has 1 aliphatic carbocycles. The first-order valence-electron chi connectivity index (χ1n) is 9.05. The third-order valence-electron chi connectivity index (χ3n) is 4.91. The Hall–Kier alpha value is -2.81. The number of nitrogens with zero attached hydrogens (tertiary/aromatic N) is 4. The van der Waals surface area contributed by atoms with Gasteiger partial charge in [0, 0.05) is 23.8 Å². The van der Waals surface area contributed by atoms with Crippen molar-refractivity contribution in [3.8, 4) is 11.3 Å². The molecule has 0 radical (unpaired) electrons. The first-order chi connectivity index (χ1) is 13.1. The number of hydrogen-bond acceptors (Lipinski definition) is 7. The second-order valence-corrected chi connectivity index (χ2v) is 6.81. The van der Waals surface area contributed by atoms with Crippen LogP contribution in [-0.2, 0) is 4.74 Å². The van der Waals surface area contributed by atoms with Crippen LogP contribution in [0.1, 0.15) is 25.7 Å². The molecule has 2 aromatic rings. The smallest absolute Gasteiger partial charge is 0.415 e. The van der Waals surface area contributed by atoms with Gasteiger partial charge in [-0.25, -0.2) is 24.1 Å². The molecule has 2 aromatic heterocycles. The van der Waals surface area contributed by atoms with Crippen LogP contribution in [0.25, 0.3) is 11.3 Å². The van der Waals surface area contributed by atoms with Gasteiger partial charge in [-0.2, -0.15) is 0 Å². The Morgan fingerprint density at radius 2 is 2.07 bits per heavy atom. The number of anilines is 2. The molecule has 2 fully saturated rings. The predicted molar refractivity (Wildman–Crippen MR) is 97.8 cm³/mol. The van der Waals surface area contributed by atoms with E-state index in [-0.39, 0.29) is 17.8 Å². The zero-order valence-corrected chi connectivity index (χ0v) is 14.8. The molecule has 1 amide bonds. The third kappa shape index (κ3) is 3.82. The number of carbonyl (C=O) groups is 1. The first kappa shape index (κ1) is 17.6. The van der Waals surface area contributed by atoms with E-state index in [9.17, 15) is 9.18 Å². The van der Waals surface area contributed by atoms with Crippen LogP contribution in [0.15, 0.2) is 24.5 Å². The number of nitrogens with one attached hydrogen (secondary N) is 1. The summed E-state index contributed by atoms with van der Waals surface area (Å²) < 4.78 is 19.3. The van der Waals surface area contributed by atoms with Crippen molar-refractivity contribution in [3.63, 3.8) is 0 Å². The van der Waals surface area contributed by atoms with Gasteiger partial charge in [-0.1, -0.05) is 0 Å². The largest absolute Gasteiger partial charge is 0.447 e. The average molecular weight is 372 g/mol. The van der Waals surface area contributed by atoms with Gasteiger partial charge in [-0.15, -0.1) is 0 Å². The van der Waals surface area contributed by atoms with Crippen LogP contribution in [0, 0.1) is 5.82 Å². The molecule has 1 saturated carbocycles. The molecule has 0 bridgehead atoms. The van der Waals surface area contributed by atoms with Crippen LogP contribution in [-0.4, -0.2) is 46.3 Å². The number of carbonyl (C=O) groups excluding carboxylic acids is 1. The number of amides is 1. The van der Waals surface area contributed by atoms with Crippen LogP contribution in [0.5, 0.6) is 0 Å². The highest BCUT2D eigenvalue weighted by Gasteiger charge is 2.25. The van der Waals surface area contributed by atoms with Crippen LogP contribution in [0.3, 0.4) is 0 Å². The SMILES string of the molecule is N[C@H]1CC[C@H](Nc2ncc(F)c(-c3ccnc(N4CCOC4=O)c3)n2)CC1. The van der Waals surface area contributed by atoms with Crippen molar-refractivity contribution in [2.75, 3.05) is 23.4 Å². The highest BCUT2D eigenvalue weighted by Crippen LogP contribution is 2.26. The molecule has 142 valence electrons. The van der Waals surface area contributed by atoms with Gasteiger partial charge in [0.15, 0.2) is 5.82 Å². The first-order valence-corrected chi connectivity index (χ1v) is 9.05. The fraction of sp³-hybridized carbons (Fsp3) is 0.444. The number of hydrogen-bond donors (Lipinski definition) is 2. The maximum absolute atomic E-state index is 14.4. The highest BCUT2D eigenvalue weighted by molar-refractivity contribution is 5.88. The maximum Gasteiger partial charge on any atom is 0.415 e. The lowest BCUT2D eigenvalue weighted by atomic mass is 9.92. The third-order valence-corrected chi connectivity index (χ3v) is 4.91. The van der Waals surface area contributed by atoms with Crippen molar-refractivity contribution in [3.05, 3.63) is 30.3 Å².